The highest BCUT2D eigenvalue weighted by atomic mass is 28.5. The molecule has 0 fully saturated rings. The van der Waals surface area contributed by atoms with E-state index in [0.29, 0.717) is 0 Å². The van der Waals surface area contributed by atoms with Gasteiger partial charge in [-0.05, 0) is 51.9 Å². The molecule has 3 nitrogen and oxygen atoms in total. The predicted octanol–water partition coefficient (Wildman–Crippen LogP) is 5.21. The molecule has 128 valence electrons. The number of hydrogen-bond acceptors (Lipinski definition) is 3. The number of rotatable bonds is 12. The molecule has 0 aliphatic heterocycles. The molecule has 0 saturated heterocycles. The van der Waals surface area contributed by atoms with E-state index in [4.69, 9.17) is 8.23 Å². The summed E-state index contributed by atoms with van der Waals surface area (Å²) in [6.45, 7) is 19.0. The first-order chi connectivity index (χ1) is 9.54. The summed E-state index contributed by atoms with van der Waals surface area (Å²) in [6.07, 6.45) is 6.73. The lowest BCUT2D eigenvalue weighted by Gasteiger charge is -2.38. The molecule has 0 aliphatic rings. The number of unbranched alkanes of at least 4 members (excludes halogenated alkanes) is 4. The summed E-state index contributed by atoms with van der Waals surface area (Å²) in [5.41, 5.74) is 0. The van der Waals surface area contributed by atoms with E-state index in [1.807, 2.05) is 0 Å². The van der Waals surface area contributed by atoms with Gasteiger partial charge in [-0.1, -0.05) is 46.0 Å². The zero-order valence-electron chi connectivity index (χ0n) is 15.8. The van der Waals surface area contributed by atoms with Crippen molar-refractivity contribution >= 4 is 25.4 Å². The molecule has 0 aromatic heterocycles. The zero-order valence-corrected chi connectivity index (χ0v) is 18.8. The van der Waals surface area contributed by atoms with Crippen LogP contribution in [-0.2, 0) is 8.23 Å². The van der Waals surface area contributed by atoms with E-state index in [9.17, 15) is 0 Å². The molecule has 0 aromatic carbocycles. The van der Waals surface area contributed by atoms with Gasteiger partial charge in [0.25, 0.3) is 8.48 Å². The molecule has 0 radical (unpaired) electrons. The lowest BCUT2D eigenvalue weighted by Crippen LogP contribution is -2.58. The van der Waals surface area contributed by atoms with Crippen molar-refractivity contribution in [2.75, 3.05) is 6.54 Å². The van der Waals surface area contributed by atoms with Gasteiger partial charge in [0.05, 0.1) is 0 Å². The fourth-order valence-corrected chi connectivity index (χ4v) is 16.4. The maximum absolute atomic E-state index is 6.56. The van der Waals surface area contributed by atoms with Crippen molar-refractivity contribution < 1.29 is 8.23 Å². The smallest absolute Gasteiger partial charge is 0.312 e. The molecule has 6 heteroatoms. The molecule has 0 aromatic rings. The Labute approximate surface area is 136 Å². The SMILES string of the molecule is CCCCCCC[Si](C)(C)O[Si](C)(C)O[Si](C)(C)NCC. The average molecular weight is 350 g/mol. The molecule has 0 rings (SSSR count). The molecule has 0 unspecified atom stereocenters. The molecule has 21 heavy (non-hydrogen) atoms. The Kier molecular flexibility index (Phi) is 9.86. The van der Waals surface area contributed by atoms with Crippen molar-refractivity contribution in [1.29, 1.82) is 0 Å². The van der Waals surface area contributed by atoms with E-state index < -0.39 is 25.4 Å². The fourth-order valence-electron chi connectivity index (χ4n) is 2.97. The van der Waals surface area contributed by atoms with Gasteiger partial charge in [-0.2, -0.15) is 0 Å². The van der Waals surface area contributed by atoms with Crippen LogP contribution in [0.3, 0.4) is 0 Å². The van der Waals surface area contributed by atoms with Crippen LogP contribution in [0.15, 0.2) is 0 Å². The van der Waals surface area contributed by atoms with Gasteiger partial charge in [0.2, 0.25) is 0 Å². The standard InChI is InChI=1S/C15H39NO2Si3/c1-9-11-12-13-14-15-19(3,4)17-21(7,8)18-20(5,6)16-10-2/h16H,9-15H2,1-8H3. The summed E-state index contributed by atoms with van der Waals surface area (Å²) < 4.78 is 13.0. The zero-order chi connectivity index (χ0) is 16.6. The third-order valence-electron chi connectivity index (χ3n) is 3.51. The van der Waals surface area contributed by atoms with Gasteiger partial charge in [0.15, 0.2) is 8.32 Å². The van der Waals surface area contributed by atoms with Crippen molar-refractivity contribution in [2.24, 2.45) is 0 Å². The predicted molar refractivity (Wildman–Crippen MR) is 102 cm³/mol. The molecular formula is C15H39NO2Si3. The molecule has 0 aliphatic carbocycles. The third kappa shape index (κ3) is 11.7. The Hall–Kier alpha value is 0.531. The Balaban J connectivity index is 4.27. The molecule has 0 amide bonds. The fraction of sp³-hybridized carbons (Fsp3) is 1.00. The van der Waals surface area contributed by atoms with Crippen LogP contribution in [0.1, 0.15) is 46.0 Å². The first kappa shape index (κ1) is 21.5. The summed E-state index contributed by atoms with van der Waals surface area (Å²) in [5, 5.41) is 0. The maximum atomic E-state index is 6.56. The third-order valence-corrected chi connectivity index (χ3v) is 14.5. The van der Waals surface area contributed by atoms with Gasteiger partial charge >= 0.3 is 8.56 Å². The van der Waals surface area contributed by atoms with E-state index in [1.54, 1.807) is 0 Å². The van der Waals surface area contributed by atoms with Crippen molar-refractivity contribution in [3.63, 3.8) is 0 Å². The highest BCUT2D eigenvalue weighted by Gasteiger charge is 2.39. The van der Waals surface area contributed by atoms with Gasteiger partial charge in [0, 0.05) is 0 Å². The van der Waals surface area contributed by atoms with Gasteiger partial charge in [0.1, 0.15) is 0 Å². The van der Waals surface area contributed by atoms with Crippen LogP contribution in [0, 0.1) is 0 Å². The Morgan fingerprint density at radius 3 is 1.86 bits per heavy atom. The van der Waals surface area contributed by atoms with Crippen molar-refractivity contribution in [1.82, 2.24) is 4.98 Å². The molecule has 0 heterocycles. The van der Waals surface area contributed by atoms with Crippen LogP contribution in [0.4, 0.5) is 0 Å². The normalized spacial score (nSPS) is 13.7. The molecule has 1 N–H and O–H groups in total. The van der Waals surface area contributed by atoms with Gasteiger partial charge in [-0.3, -0.25) is 0 Å². The van der Waals surface area contributed by atoms with Crippen molar-refractivity contribution in [2.45, 2.75) is 91.3 Å². The van der Waals surface area contributed by atoms with Crippen LogP contribution in [0.5, 0.6) is 0 Å². The Morgan fingerprint density at radius 2 is 1.33 bits per heavy atom. The maximum Gasteiger partial charge on any atom is 0.312 e. The molecular weight excluding hydrogens is 310 g/mol. The number of hydrogen-bond donors (Lipinski definition) is 1. The second-order valence-corrected chi connectivity index (χ2v) is 19.4. The van der Waals surface area contributed by atoms with E-state index in [0.717, 1.165) is 6.54 Å². The highest BCUT2D eigenvalue weighted by Crippen LogP contribution is 2.24. The Bertz CT molecular complexity index is 284. The van der Waals surface area contributed by atoms with Crippen molar-refractivity contribution in [3.05, 3.63) is 0 Å². The quantitative estimate of drug-likeness (QED) is 0.387. The van der Waals surface area contributed by atoms with Crippen LogP contribution < -0.4 is 4.98 Å². The Morgan fingerprint density at radius 1 is 0.762 bits per heavy atom. The van der Waals surface area contributed by atoms with Gasteiger partial charge in [-0.25, -0.2) is 0 Å². The van der Waals surface area contributed by atoms with Crippen molar-refractivity contribution in [3.8, 4) is 0 Å². The summed E-state index contributed by atoms with van der Waals surface area (Å²) >= 11 is 0. The van der Waals surface area contributed by atoms with Gasteiger partial charge < -0.3 is 13.2 Å². The largest absolute Gasteiger partial charge is 0.436 e. The van der Waals surface area contributed by atoms with Crippen LogP contribution in [0.25, 0.3) is 0 Å². The first-order valence-corrected chi connectivity index (χ1v) is 17.5. The monoisotopic (exact) mass is 349 g/mol. The molecule has 0 atom stereocenters. The van der Waals surface area contributed by atoms with E-state index in [-0.39, 0.29) is 0 Å². The van der Waals surface area contributed by atoms with E-state index in [1.165, 1.54) is 38.1 Å². The summed E-state index contributed by atoms with van der Waals surface area (Å²) in [6, 6.07) is 1.26. The molecule has 0 bridgehead atoms. The summed E-state index contributed by atoms with van der Waals surface area (Å²) in [4.78, 5) is 3.52. The van der Waals surface area contributed by atoms with E-state index in [2.05, 4.69) is 58.1 Å². The second-order valence-electron chi connectivity index (χ2n) is 7.57. The summed E-state index contributed by atoms with van der Waals surface area (Å²) in [5.74, 6) is 0. The topological polar surface area (TPSA) is 30.5 Å². The van der Waals surface area contributed by atoms with E-state index >= 15 is 0 Å². The molecule has 0 spiro atoms. The first-order valence-electron chi connectivity index (χ1n) is 8.69. The van der Waals surface area contributed by atoms with Crippen LogP contribution in [0.2, 0.25) is 45.3 Å². The second kappa shape index (κ2) is 9.62. The average Bonchev–Trinajstić information content (AvgIpc) is 2.24. The lowest BCUT2D eigenvalue weighted by molar-refractivity contribution is 0.381. The minimum absolute atomic E-state index is 0.974. The minimum Gasteiger partial charge on any atom is -0.436 e. The summed E-state index contributed by atoms with van der Waals surface area (Å²) in [7, 11) is -5.39. The van der Waals surface area contributed by atoms with Gasteiger partial charge in [-0.15, -0.1) is 0 Å². The lowest BCUT2D eigenvalue weighted by atomic mass is 10.2. The van der Waals surface area contributed by atoms with Crippen LogP contribution in [-0.4, -0.2) is 31.9 Å². The minimum atomic E-state index is -2.03. The molecule has 0 saturated carbocycles. The highest BCUT2D eigenvalue weighted by molar-refractivity contribution is 6.87. The number of nitrogens with one attached hydrogen (secondary N) is 1. The van der Waals surface area contributed by atoms with Crippen LogP contribution >= 0.6 is 0 Å².